The highest BCUT2D eigenvalue weighted by Crippen LogP contribution is 2.44. The van der Waals surface area contributed by atoms with E-state index in [0.717, 1.165) is 4.57 Å². The van der Waals surface area contributed by atoms with Crippen LogP contribution in [0.3, 0.4) is 0 Å². The molecule has 0 radical (unpaired) electrons. The van der Waals surface area contributed by atoms with E-state index in [1.54, 1.807) is 0 Å². The van der Waals surface area contributed by atoms with E-state index in [0.29, 0.717) is 0 Å². The summed E-state index contributed by atoms with van der Waals surface area (Å²) in [5.74, 6) is 0.173. The van der Waals surface area contributed by atoms with Crippen molar-refractivity contribution in [3.05, 3.63) is 22.7 Å². The fourth-order valence-corrected chi connectivity index (χ4v) is 2.42. The van der Waals surface area contributed by atoms with Gasteiger partial charge in [-0.25, -0.2) is 4.79 Å². The second kappa shape index (κ2) is 6.02. The van der Waals surface area contributed by atoms with Crippen LogP contribution in [0.5, 0.6) is 0 Å². The molecule has 9 heteroatoms. The zero-order valence-corrected chi connectivity index (χ0v) is 12.2. The molecule has 2 unspecified atom stereocenters. The normalized spacial score (nSPS) is 32.5. The van der Waals surface area contributed by atoms with Gasteiger partial charge < -0.3 is 25.4 Å². The van der Waals surface area contributed by atoms with Gasteiger partial charge >= 0.3 is 5.69 Å². The maximum absolute atomic E-state index is 12.1. The molecule has 0 bridgehead atoms. The predicted octanol–water partition coefficient (Wildman–Crippen LogP) is -1.23. The molecule has 0 amide bonds. The van der Waals surface area contributed by atoms with Crippen molar-refractivity contribution in [2.45, 2.75) is 38.5 Å². The average molecular weight is 310 g/mol. The monoisotopic (exact) mass is 310 g/mol. The van der Waals surface area contributed by atoms with E-state index in [4.69, 9.17) is 4.74 Å². The van der Waals surface area contributed by atoms with Crippen LogP contribution in [0.15, 0.2) is 17.1 Å². The molecule has 1 saturated heterocycles. The Labute approximate surface area is 126 Å². The van der Waals surface area contributed by atoms with Crippen molar-refractivity contribution in [1.82, 2.24) is 9.55 Å². The van der Waals surface area contributed by atoms with Crippen LogP contribution in [0.4, 0.5) is 5.82 Å². The van der Waals surface area contributed by atoms with Crippen LogP contribution in [-0.2, 0) is 4.74 Å². The van der Waals surface area contributed by atoms with Gasteiger partial charge in [0.15, 0.2) is 6.23 Å². The zero-order valence-electron chi connectivity index (χ0n) is 12.2. The third-order valence-corrected chi connectivity index (χ3v) is 3.64. The summed E-state index contributed by atoms with van der Waals surface area (Å²) in [5.41, 5.74) is -2.11. The first-order valence-electron chi connectivity index (χ1n) is 6.73. The summed E-state index contributed by atoms with van der Waals surface area (Å²) >= 11 is 0. The molecule has 0 aliphatic carbocycles. The van der Waals surface area contributed by atoms with Crippen molar-refractivity contribution in [2.75, 3.05) is 11.9 Å². The number of aromatic nitrogens is 2. The smallest absolute Gasteiger partial charge is 0.351 e. The Balaban J connectivity index is 2.39. The third kappa shape index (κ3) is 2.69. The first-order chi connectivity index (χ1) is 10.3. The van der Waals surface area contributed by atoms with E-state index < -0.39 is 42.4 Å². The van der Waals surface area contributed by atoms with Crippen molar-refractivity contribution >= 4 is 5.82 Å². The molecule has 0 saturated carbocycles. The van der Waals surface area contributed by atoms with E-state index in [-0.39, 0.29) is 5.82 Å². The summed E-state index contributed by atoms with van der Waals surface area (Å²) in [5, 5.41) is 40.4. The van der Waals surface area contributed by atoms with E-state index in [1.807, 2.05) is 6.07 Å². The number of anilines is 1. The van der Waals surface area contributed by atoms with E-state index in [1.165, 1.54) is 26.1 Å². The second-order valence-corrected chi connectivity index (χ2v) is 5.37. The summed E-state index contributed by atoms with van der Waals surface area (Å²) in [7, 11) is 0. The minimum absolute atomic E-state index is 0.173. The van der Waals surface area contributed by atoms with Gasteiger partial charge in [-0.2, -0.15) is 10.2 Å². The number of aliphatic hydroxyl groups excluding tert-OH is 3. The number of aliphatic hydroxyl groups is 3. The molecule has 4 N–H and O–H groups in total. The van der Waals surface area contributed by atoms with Crippen LogP contribution in [0.2, 0.25) is 0 Å². The molecular weight excluding hydrogens is 292 g/mol. The van der Waals surface area contributed by atoms with Gasteiger partial charge in [0, 0.05) is 6.20 Å². The highest BCUT2D eigenvalue weighted by Gasteiger charge is 2.54. The molecular formula is C13H18N4O5. The largest absolute Gasteiger partial charge is 0.394 e. The van der Waals surface area contributed by atoms with Crippen LogP contribution >= 0.6 is 0 Å². The fourth-order valence-electron chi connectivity index (χ4n) is 2.42. The topological polar surface area (TPSA) is 141 Å². The molecule has 120 valence electrons. The average Bonchev–Trinajstić information content (AvgIpc) is 2.72. The lowest BCUT2D eigenvalue weighted by Gasteiger charge is -2.26. The maximum Gasteiger partial charge on any atom is 0.351 e. The molecule has 0 spiro atoms. The molecule has 0 aromatic carbocycles. The molecule has 2 heterocycles. The molecule has 2 rings (SSSR count). The summed E-state index contributed by atoms with van der Waals surface area (Å²) in [6.07, 6.45) is -2.81. The third-order valence-electron chi connectivity index (χ3n) is 3.64. The standard InChI is InChI=1S/C13H18N4O5/c1-7(19)15-9-3-4-17(12(21)16-9)11-13(2,6-14)10(20)8(5-18)22-11/h3-4,7-8,10-11,18-20H,5H2,1-2H3,(H,15,16,21)/t7?,8-,10-,11?,13-/m1/s1. The number of hydrogen-bond acceptors (Lipinski definition) is 8. The van der Waals surface area contributed by atoms with Crippen LogP contribution in [0, 0.1) is 16.7 Å². The Morgan fingerprint density at radius 1 is 1.68 bits per heavy atom. The second-order valence-electron chi connectivity index (χ2n) is 5.37. The Morgan fingerprint density at radius 3 is 2.86 bits per heavy atom. The van der Waals surface area contributed by atoms with Gasteiger partial charge in [0.25, 0.3) is 0 Å². The van der Waals surface area contributed by atoms with E-state index in [2.05, 4.69) is 10.3 Å². The quantitative estimate of drug-likeness (QED) is 0.507. The minimum Gasteiger partial charge on any atom is -0.394 e. The van der Waals surface area contributed by atoms with Crippen molar-refractivity contribution in [3.8, 4) is 6.07 Å². The summed E-state index contributed by atoms with van der Waals surface area (Å²) in [6, 6.07) is 3.39. The summed E-state index contributed by atoms with van der Waals surface area (Å²) < 4.78 is 6.53. The highest BCUT2D eigenvalue weighted by atomic mass is 16.5. The van der Waals surface area contributed by atoms with Gasteiger partial charge in [0.05, 0.1) is 12.7 Å². The molecule has 1 aromatic rings. The lowest BCUT2D eigenvalue weighted by Crippen LogP contribution is -2.39. The van der Waals surface area contributed by atoms with Crippen molar-refractivity contribution in [2.24, 2.45) is 5.41 Å². The van der Waals surface area contributed by atoms with E-state index in [9.17, 15) is 25.4 Å². The lowest BCUT2D eigenvalue weighted by atomic mass is 9.84. The number of nitrogens with zero attached hydrogens (tertiary/aromatic N) is 3. The SMILES string of the molecule is CC(O)Nc1ccn(C2O[C@H](CO)[C@@H](O)[C@@]2(C)C#N)c(=O)n1. The maximum atomic E-state index is 12.1. The first kappa shape index (κ1) is 16.4. The van der Waals surface area contributed by atoms with Crippen LogP contribution in [0.25, 0.3) is 0 Å². The molecule has 5 atom stereocenters. The van der Waals surface area contributed by atoms with Crippen LogP contribution < -0.4 is 11.0 Å². The van der Waals surface area contributed by atoms with Crippen LogP contribution in [-0.4, -0.2) is 49.9 Å². The van der Waals surface area contributed by atoms with Gasteiger partial charge in [-0.15, -0.1) is 0 Å². The number of nitrogens with one attached hydrogen (secondary N) is 1. The zero-order chi connectivity index (χ0) is 16.5. The Morgan fingerprint density at radius 2 is 2.36 bits per heavy atom. The molecule has 22 heavy (non-hydrogen) atoms. The van der Waals surface area contributed by atoms with Gasteiger partial charge in [-0.05, 0) is 19.9 Å². The fraction of sp³-hybridized carbons (Fsp3) is 0.615. The molecule has 1 aromatic heterocycles. The number of rotatable bonds is 4. The van der Waals surface area contributed by atoms with Gasteiger partial charge in [-0.1, -0.05) is 0 Å². The predicted molar refractivity (Wildman–Crippen MR) is 74.5 cm³/mol. The molecule has 1 aliphatic heterocycles. The molecule has 9 nitrogen and oxygen atoms in total. The number of hydrogen-bond donors (Lipinski definition) is 4. The van der Waals surface area contributed by atoms with Crippen molar-refractivity contribution in [3.63, 3.8) is 0 Å². The minimum atomic E-state index is -1.40. The van der Waals surface area contributed by atoms with Crippen molar-refractivity contribution < 1.29 is 20.1 Å². The number of nitriles is 1. The van der Waals surface area contributed by atoms with Crippen LogP contribution in [0.1, 0.15) is 20.1 Å². The summed E-state index contributed by atoms with van der Waals surface area (Å²) in [6.45, 7) is 2.45. The number of ether oxygens (including phenoxy) is 1. The van der Waals surface area contributed by atoms with E-state index >= 15 is 0 Å². The first-order valence-corrected chi connectivity index (χ1v) is 6.73. The highest BCUT2D eigenvalue weighted by molar-refractivity contribution is 5.32. The Bertz CT molecular complexity index is 640. The molecule has 1 aliphatic rings. The van der Waals surface area contributed by atoms with Gasteiger partial charge in [0.2, 0.25) is 0 Å². The van der Waals surface area contributed by atoms with Crippen molar-refractivity contribution in [1.29, 1.82) is 5.26 Å². The van der Waals surface area contributed by atoms with Gasteiger partial charge in [-0.3, -0.25) is 4.57 Å². The van der Waals surface area contributed by atoms with Gasteiger partial charge in [0.1, 0.15) is 29.7 Å². The molecule has 1 fully saturated rings. The summed E-state index contributed by atoms with van der Waals surface area (Å²) in [4.78, 5) is 15.8. The lowest BCUT2D eigenvalue weighted by molar-refractivity contribution is -0.0503. The Kier molecular flexibility index (Phi) is 4.48. The Hall–Kier alpha value is -1.99.